The number of likely N-dealkylation sites (N-methyl/N-ethyl adjacent to an activating group) is 2. The molecule has 2 heterocycles. The van der Waals surface area contributed by atoms with Crippen LogP contribution in [0.4, 0.5) is 11.4 Å². The van der Waals surface area contributed by atoms with Gasteiger partial charge in [0, 0.05) is 44.6 Å². The number of hydrogen-bond donors (Lipinski definition) is 1. The second-order valence-electron chi connectivity index (χ2n) is 7.97. The molecule has 0 spiro atoms. The van der Waals surface area contributed by atoms with E-state index in [0.29, 0.717) is 23.4 Å². The van der Waals surface area contributed by atoms with Gasteiger partial charge < -0.3 is 19.9 Å². The normalized spacial score (nSPS) is 17.3. The van der Waals surface area contributed by atoms with Crippen molar-refractivity contribution in [2.24, 2.45) is 0 Å². The van der Waals surface area contributed by atoms with Crippen LogP contribution >= 0.6 is 0 Å². The minimum atomic E-state index is -0.335. The molecule has 0 aromatic heterocycles. The third-order valence-electron chi connectivity index (χ3n) is 6.06. The van der Waals surface area contributed by atoms with Crippen LogP contribution in [-0.4, -0.2) is 68.0 Å². The average molecular weight is 435 g/mol. The molecule has 0 bridgehead atoms. The predicted molar refractivity (Wildman–Crippen MR) is 127 cm³/mol. The Morgan fingerprint density at radius 2 is 1.53 bits per heavy atom. The van der Waals surface area contributed by atoms with Crippen molar-refractivity contribution in [2.45, 2.75) is 13.8 Å². The van der Waals surface area contributed by atoms with Gasteiger partial charge in [-0.05, 0) is 55.4 Å². The molecule has 1 fully saturated rings. The van der Waals surface area contributed by atoms with E-state index in [0.717, 1.165) is 54.7 Å². The van der Waals surface area contributed by atoms with Crippen LogP contribution in [0.2, 0.25) is 0 Å². The summed E-state index contributed by atoms with van der Waals surface area (Å²) in [5.41, 5.74) is 3.30. The van der Waals surface area contributed by atoms with Gasteiger partial charge in [-0.2, -0.15) is 0 Å². The summed E-state index contributed by atoms with van der Waals surface area (Å²) in [6.45, 7) is 9.91. The van der Waals surface area contributed by atoms with Gasteiger partial charge in [0.15, 0.2) is 0 Å². The number of benzene rings is 2. The molecule has 2 amide bonds. The number of nitrogens with one attached hydrogen (secondary N) is 1. The number of amides is 2. The number of carbonyl (C=O) groups is 2. The fraction of sp³-hybridized carbons (Fsp3) is 0.360. The summed E-state index contributed by atoms with van der Waals surface area (Å²) >= 11 is 0. The first kappa shape index (κ1) is 21.9. The van der Waals surface area contributed by atoms with E-state index in [1.165, 1.54) is 7.05 Å². The first-order valence-corrected chi connectivity index (χ1v) is 11.2. The summed E-state index contributed by atoms with van der Waals surface area (Å²) < 4.78 is 5.49. The number of carbonyl (C=O) groups excluding carboxylic acids is 2. The lowest BCUT2D eigenvalue weighted by Crippen LogP contribution is -2.46. The molecule has 1 saturated heterocycles. The van der Waals surface area contributed by atoms with Crippen LogP contribution in [-0.2, 0) is 9.59 Å². The highest BCUT2D eigenvalue weighted by atomic mass is 16.5. The van der Waals surface area contributed by atoms with Crippen molar-refractivity contribution in [3.05, 3.63) is 59.8 Å². The van der Waals surface area contributed by atoms with Crippen molar-refractivity contribution in [1.29, 1.82) is 0 Å². The molecule has 2 aliphatic rings. The van der Waals surface area contributed by atoms with Crippen molar-refractivity contribution < 1.29 is 14.3 Å². The zero-order valence-corrected chi connectivity index (χ0v) is 18.9. The van der Waals surface area contributed by atoms with Crippen LogP contribution < -0.4 is 15.0 Å². The molecule has 0 radical (unpaired) electrons. The van der Waals surface area contributed by atoms with Crippen LogP contribution in [0.1, 0.15) is 19.4 Å². The Morgan fingerprint density at radius 1 is 0.875 bits per heavy atom. The molecule has 2 aromatic carbocycles. The maximum atomic E-state index is 12.8. The molecule has 168 valence electrons. The summed E-state index contributed by atoms with van der Waals surface area (Å²) in [5.74, 6) is 0.0811. The van der Waals surface area contributed by atoms with E-state index in [1.54, 1.807) is 0 Å². The van der Waals surface area contributed by atoms with E-state index in [1.807, 2.05) is 43.3 Å². The molecule has 0 atom stereocenters. The molecule has 1 N–H and O–H groups in total. The Balaban J connectivity index is 1.55. The van der Waals surface area contributed by atoms with Crippen molar-refractivity contribution in [3.63, 3.8) is 0 Å². The van der Waals surface area contributed by atoms with E-state index in [2.05, 4.69) is 34.2 Å². The van der Waals surface area contributed by atoms with Crippen molar-refractivity contribution in [1.82, 2.24) is 9.80 Å². The maximum Gasteiger partial charge on any atom is 0.277 e. The zero-order chi connectivity index (χ0) is 22.7. The Morgan fingerprint density at radius 3 is 2.12 bits per heavy atom. The Hall–Kier alpha value is -3.32. The van der Waals surface area contributed by atoms with Crippen molar-refractivity contribution in [2.75, 3.05) is 56.6 Å². The standard InChI is InChI=1S/C25H30N4O3/c1-4-28-14-16-29(17-15-28)20-10-8-19(9-11-20)26-23-22(24(30)27(3)25(23)31)18-6-12-21(13-7-18)32-5-2/h6-13,26H,4-5,14-17H2,1-3H3. The lowest BCUT2D eigenvalue weighted by atomic mass is 10.0. The number of ether oxygens (including phenoxy) is 1. The van der Waals surface area contributed by atoms with Crippen molar-refractivity contribution >= 4 is 28.8 Å². The van der Waals surface area contributed by atoms with Crippen LogP contribution in [0, 0.1) is 0 Å². The highest BCUT2D eigenvalue weighted by Gasteiger charge is 2.36. The highest BCUT2D eigenvalue weighted by molar-refractivity contribution is 6.36. The van der Waals surface area contributed by atoms with E-state index < -0.39 is 0 Å². The Bertz CT molecular complexity index is 1010. The molecule has 7 heteroatoms. The quantitative estimate of drug-likeness (QED) is 0.676. The van der Waals surface area contributed by atoms with Crippen LogP contribution in [0.5, 0.6) is 5.75 Å². The molecule has 7 nitrogen and oxygen atoms in total. The third kappa shape index (κ3) is 4.34. The summed E-state index contributed by atoms with van der Waals surface area (Å²) in [6.07, 6.45) is 0. The minimum Gasteiger partial charge on any atom is -0.494 e. The van der Waals surface area contributed by atoms with Crippen LogP contribution in [0.25, 0.3) is 5.57 Å². The number of rotatable bonds is 7. The van der Waals surface area contributed by atoms with Gasteiger partial charge in [-0.1, -0.05) is 19.1 Å². The summed E-state index contributed by atoms with van der Waals surface area (Å²) in [6, 6.07) is 15.3. The highest BCUT2D eigenvalue weighted by Crippen LogP contribution is 2.31. The predicted octanol–water partition coefficient (Wildman–Crippen LogP) is 3.05. The Labute approximate surface area is 189 Å². The summed E-state index contributed by atoms with van der Waals surface area (Å²) in [7, 11) is 1.51. The number of anilines is 2. The maximum absolute atomic E-state index is 12.8. The number of piperazine rings is 1. The largest absolute Gasteiger partial charge is 0.494 e. The van der Waals surface area contributed by atoms with Crippen LogP contribution in [0.3, 0.4) is 0 Å². The molecular formula is C25H30N4O3. The smallest absolute Gasteiger partial charge is 0.277 e. The van der Waals surface area contributed by atoms with E-state index in [9.17, 15) is 9.59 Å². The summed E-state index contributed by atoms with van der Waals surface area (Å²) in [4.78, 5) is 31.6. The molecule has 0 aliphatic carbocycles. The fourth-order valence-corrected chi connectivity index (χ4v) is 4.13. The number of hydrogen-bond acceptors (Lipinski definition) is 6. The monoisotopic (exact) mass is 434 g/mol. The zero-order valence-electron chi connectivity index (χ0n) is 18.9. The van der Waals surface area contributed by atoms with E-state index >= 15 is 0 Å². The lowest BCUT2D eigenvalue weighted by molar-refractivity contribution is -0.135. The van der Waals surface area contributed by atoms with E-state index in [-0.39, 0.29) is 11.8 Å². The van der Waals surface area contributed by atoms with Crippen LogP contribution in [0.15, 0.2) is 54.2 Å². The SMILES string of the molecule is CCOc1ccc(C2=C(Nc3ccc(N4CCN(CC)CC4)cc3)C(=O)N(C)C2=O)cc1. The average Bonchev–Trinajstić information content (AvgIpc) is 3.04. The Kier molecular flexibility index (Phi) is 6.46. The molecule has 0 unspecified atom stereocenters. The second-order valence-corrected chi connectivity index (χ2v) is 7.97. The fourth-order valence-electron chi connectivity index (χ4n) is 4.13. The first-order chi connectivity index (χ1) is 15.5. The van der Waals surface area contributed by atoms with Gasteiger partial charge in [0.05, 0.1) is 12.2 Å². The van der Waals surface area contributed by atoms with Gasteiger partial charge in [0.1, 0.15) is 11.4 Å². The van der Waals surface area contributed by atoms with Gasteiger partial charge in [-0.25, -0.2) is 0 Å². The molecule has 4 rings (SSSR count). The number of imide groups is 1. The minimum absolute atomic E-state index is 0.297. The first-order valence-electron chi connectivity index (χ1n) is 11.2. The third-order valence-corrected chi connectivity index (χ3v) is 6.06. The summed E-state index contributed by atoms with van der Waals surface area (Å²) in [5, 5.41) is 3.20. The lowest BCUT2D eigenvalue weighted by Gasteiger charge is -2.35. The number of nitrogens with zero attached hydrogens (tertiary/aromatic N) is 3. The van der Waals surface area contributed by atoms with Crippen molar-refractivity contribution in [3.8, 4) is 5.75 Å². The van der Waals surface area contributed by atoms with Gasteiger partial charge in [-0.3, -0.25) is 14.5 Å². The molecule has 2 aliphatic heterocycles. The molecule has 2 aromatic rings. The van der Waals surface area contributed by atoms with E-state index in [4.69, 9.17) is 4.74 Å². The molecule has 32 heavy (non-hydrogen) atoms. The van der Waals surface area contributed by atoms with Gasteiger partial charge in [0.25, 0.3) is 11.8 Å². The topological polar surface area (TPSA) is 65.1 Å². The van der Waals surface area contributed by atoms with Gasteiger partial charge in [-0.15, -0.1) is 0 Å². The van der Waals surface area contributed by atoms with Gasteiger partial charge in [0.2, 0.25) is 0 Å². The van der Waals surface area contributed by atoms with Gasteiger partial charge >= 0.3 is 0 Å². The second kappa shape index (κ2) is 9.44. The molecule has 0 saturated carbocycles. The molecular weight excluding hydrogens is 404 g/mol.